The van der Waals surface area contributed by atoms with Crippen LogP contribution in [0.3, 0.4) is 0 Å². The fourth-order valence-electron chi connectivity index (χ4n) is 2.54. The zero-order valence-corrected chi connectivity index (χ0v) is 15.9. The molecule has 0 amide bonds. The maximum Gasteiger partial charge on any atom is 0.419 e. The lowest BCUT2D eigenvalue weighted by atomic mass is 10.1. The summed E-state index contributed by atoms with van der Waals surface area (Å²) in [5.41, 5.74) is 1.79. The zero-order chi connectivity index (χ0) is 17.5. The lowest BCUT2D eigenvalue weighted by Crippen LogP contribution is -2.27. The average Bonchev–Trinajstić information content (AvgIpc) is 3.05. The minimum atomic E-state index is -0.595. The lowest BCUT2D eigenvalue weighted by molar-refractivity contribution is 0.0541. The van der Waals surface area contributed by atoms with Crippen LogP contribution in [0, 0.1) is 11.3 Å². The largest absolute Gasteiger partial charge is 0.443 e. The molecule has 0 fully saturated rings. The Morgan fingerprint density at radius 2 is 2.00 bits per heavy atom. The van der Waals surface area contributed by atoms with Gasteiger partial charge in [0.15, 0.2) is 0 Å². The predicted molar refractivity (Wildman–Crippen MR) is 99.3 cm³/mol. The number of carbonyl (C=O) groups is 1. The molecule has 0 spiro atoms. The first-order chi connectivity index (χ1) is 11.3. The van der Waals surface area contributed by atoms with Crippen molar-refractivity contribution in [2.45, 2.75) is 26.4 Å². The van der Waals surface area contributed by atoms with Gasteiger partial charge in [-0.3, -0.25) is 0 Å². The van der Waals surface area contributed by atoms with Gasteiger partial charge in [0.25, 0.3) is 0 Å². The number of rotatable bonds is 1. The van der Waals surface area contributed by atoms with Crippen LogP contribution in [-0.4, -0.2) is 16.3 Å². The standard InChI is InChI=1S/C18H15BrN2O2S/c1-18(2,3)23-17(22)21-13-7-5-4-6-11(13)15(16(21)19)12-8-9-24-14(12)10-20/h4-9H,1-3H3. The Balaban J connectivity index is 2.28. The normalized spacial score (nSPS) is 11.5. The highest BCUT2D eigenvalue weighted by Crippen LogP contribution is 2.41. The Labute approximate surface area is 152 Å². The van der Waals surface area contributed by atoms with Crippen LogP contribution in [0.25, 0.3) is 22.0 Å². The molecular formula is C18H15BrN2O2S. The molecule has 0 saturated heterocycles. The molecule has 6 heteroatoms. The van der Waals surface area contributed by atoms with E-state index in [1.807, 2.05) is 56.5 Å². The minimum Gasteiger partial charge on any atom is -0.443 e. The summed E-state index contributed by atoms with van der Waals surface area (Å²) in [6, 6.07) is 11.7. The molecule has 122 valence electrons. The smallest absolute Gasteiger partial charge is 0.419 e. The van der Waals surface area contributed by atoms with E-state index in [-0.39, 0.29) is 0 Å². The van der Waals surface area contributed by atoms with Crippen LogP contribution in [0.5, 0.6) is 0 Å². The number of aromatic nitrogens is 1. The quantitative estimate of drug-likeness (QED) is 0.517. The monoisotopic (exact) mass is 402 g/mol. The van der Waals surface area contributed by atoms with Gasteiger partial charge in [0.2, 0.25) is 0 Å². The Hall–Kier alpha value is -2.10. The van der Waals surface area contributed by atoms with E-state index in [0.29, 0.717) is 9.48 Å². The third-order valence-corrected chi connectivity index (χ3v) is 5.00. The highest BCUT2D eigenvalue weighted by atomic mass is 79.9. The topological polar surface area (TPSA) is 55.0 Å². The molecule has 3 rings (SSSR count). The van der Waals surface area contributed by atoms with Gasteiger partial charge in [-0.05, 0) is 54.2 Å². The first-order valence-corrected chi connectivity index (χ1v) is 9.01. The van der Waals surface area contributed by atoms with Gasteiger partial charge in [-0.15, -0.1) is 11.3 Å². The van der Waals surface area contributed by atoms with E-state index in [1.54, 1.807) is 0 Å². The van der Waals surface area contributed by atoms with Crippen LogP contribution in [0.2, 0.25) is 0 Å². The summed E-state index contributed by atoms with van der Waals surface area (Å²) in [4.78, 5) is 13.3. The molecular weight excluding hydrogens is 388 g/mol. The van der Waals surface area contributed by atoms with Crippen molar-refractivity contribution in [1.29, 1.82) is 5.26 Å². The molecule has 0 bridgehead atoms. The van der Waals surface area contributed by atoms with Gasteiger partial charge < -0.3 is 4.74 Å². The van der Waals surface area contributed by atoms with Crippen LogP contribution in [0.1, 0.15) is 25.6 Å². The first-order valence-electron chi connectivity index (χ1n) is 7.33. The van der Waals surface area contributed by atoms with Crippen LogP contribution >= 0.6 is 27.3 Å². The predicted octanol–water partition coefficient (Wildman–Crippen LogP) is 5.79. The van der Waals surface area contributed by atoms with Crippen molar-refractivity contribution in [3.05, 3.63) is 45.2 Å². The van der Waals surface area contributed by atoms with Crippen molar-refractivity contribution in [2.24, 2.45) is 0 Å². The molecule has 0 N–H and O–H groups in total. The van der Waals surface area contributed by atoms with Gasteiger partial charge in [0, 0.05) is 16.5 Å². The Kier molecular flexibility index (Phi) is 4.24. The molecule has 2 heterocycles. The summed E-state index contributed by atoms with van der Waals surface area (Å²) >= 11 is 4.93. The van der Waals surface area contributed by atoms with Gasteiger partial charge >= 0.3 is 6.09 Å². The van der Waals surface area contributed by atoms with Crippen molar-refractivity contribution in [1.82, 2.24) is 4.57 Å². The second-order valence-electron chi connectivity index (χ2n) is 6.27. The summed E-state index contributed by atoms with van der Waals surface area (Å²) in [6.45, 7) is 5.49. The van der Waals surface area contributed by atoms with Crippen molar-refractivity contribution >= 4 is 44.3 Å². The SMILES string of the molecule is CC(C)(C)OC(=O)n1c(Br)c(-c2ccsc2C#N)c2ccccc21. The van der Waals surface area contributed by atoms with Crippen LogP contribution < -0.4 is 0 Å². The molecule has 0 saturated carbocycles. The minimum absolute atomic E-state index is 0.453. The van der Waals surface area contributed by atoms with E-state index in [4.69, 9.17) is 4.74 Å². The highest BCUT2D eigenvalue weighted by molar-refractivity contribution is 9.10. The molecule has 0 aliphatic heterocycles. The molecule has 0 atom stereocenters. The van der Waals surface area contributed by atoms with E-state index in [2.05, 4.69) is 22.0 Å². The molecule has 0 aliphatic carbocycles. The number of carbonyl (C=O) groups excluding carboxylic acids is 1. The number of benzene rings is 1. The van der Waals surface area contributed by atoms with Gasteiger partial charge in [-0.1, -0.05) is 18.2 Å². The van der Waals surface area contributed by atoms with Gasteiger partial charge in [-0.2, -0.15) is 5.26 Å². The van der Waals surface area contributed by atoms with Gasteiger partial charge in [0.1, 0.15) is 21.2 Å². The Bertz CT molecular complexity index is 973. The Morgan fingerprint density at radius 1 is 1.29 bits per heavy atom. The number of thiophene rings is 1. The third-order valence-electron chi connectivity index (χ3n) is 3.43. The average molecular weight is 403 g/mol. The number of para-hydroxylation sites is 1. The second-order valence-corrected chi connectivity index (χ2v) is 7.94. The summed E-state index contributed by atoms with van der Waals surface area (Å²) in [5, 5.41) is 12.1. The van der Waals surface area contributed by atoms with Gasteiger partial charge in [-0.25, -0.2) is 9.36 Å². The zero-order valence-electron chi connectivity index (χ0n) is 13.5. The molecule has 4 nitrogen and oxygen atoms in total. The summed E-state index contributed by atoms with van der Waals surface area (Å²) in [5.74, 6) is 0. The summed E-state index contributed by atoms with van der Waals surface area (Å²) in [6.07, 6.45) is -0.453. The number of halogens is 1. The molecule has 0 radical (unpaired) electrons. The maximum absolute atomic E-state index is 12.7. The van der Waals surface area contributed by atoms with E-state index in [1.165, 1.54) is 15.9 Å². The molecule has 0 unspecified atom stereocenters. The van der Waals surface area contributed by atoms with Crippen molar-refractivity contribution in [2.75, 3.05) is 0 Å². The molecule has 3 aromatic rings. The first kappa shape index (κ1) is 16.7. The second kappa shape index (κ2) is 6.08. The van der Waals surface area contributed by atoms with Crippen molar-refractivity contribution in [3.63, 3.8) is 0 Å². The number of hydrogen-bond donors (Lipinski definition) is 0. The van der Waals surface area contributed by atoms with Crippen LogP contribution in [0.15, 0.2) is 40.3 Å². The highest BCUT2D eigenvalue weighted by Gasteiger charge is 2.26. The summed E-state index contributed by atoms with van der Waals surface area (Å²) < 4.78 is 7.63. The summed E-state index contributed by atoms with van der Waals surface area (Å²) in [7, 11) is 0. The number of nitriles is 1. The van der Waals surface area contributed by atoms with Crippen LogP contribution in [-0.2, 0) is 4.74 Å². The maximum atomic E-state index is 12.7. The third kappa shape index (κ3) is 2.85. The number of hydrogen-bond acceptors (Lipinski definition) is 4. The number of nitrogens with zero attached hydrogens (tertiary/aromatic N) is 2. The van der Waals surface area contributed by atoms with Gasteiger partial charge in [0.05, 0.1) is 5.52 Å². The molecule has 24 heavy (non-hydrogen) atoms. The van der Waals surface area contributed by atoms with Crippen molar-refractivity contribution < 1.29 is 9.53 Å². The molecule has 1 aromatic carbocycles. The molecule has 0 aliphatic rings. The van der Waals surface area contributed by atoms with Crippen LogP contribution in [0.4, 0.5) is 4.79 Å². The van der Waals surface area contributed by atoms with E-state index in [9.17, 15) is 10.1 Å². The van der Waals surface area contributed by atoms with E-state index >= 15 is 0 Å². The van der Waals surface area contributed by atoms with E-state index < -0.39 is 11.7 Å². The lowest BCUT2D eigenvalue weighted by Gasteiger charge is -2.20. The fraction of sp³-hybridized carbons (Fsp3) is 0.222. The Morgan fingerprint density at radius 3 is 2.67 bits per heavy atom. The number of fused-ring (bicyclic) bond motifs is 1. The fourth-order valence-corrected chi connectivity index (χ4v) is 4.00. The van der Waals surface area contributed by atoms with Crippen molar-refractivity contribution in [3.8, 4) is 17.2 Å². The van der Waals surface area contributed by atoms with E-state index in [0.717, 1.165) is 22.0 Å². The molecule has 2 aromatic heterocycles. The number of ether oxygens (including phenoxy) is 1.